The number of carbonyl (C=O) groups excluding carboxylic acids is 3. The number of nitrogens with zero attached hydrogens (tertiary/aromatic N) is 4. The van der Waals surface area contributed by atoms with E-state index >= 15 is 14.4 Å². The quantitative estimate of drug-likeness (QED) is 0.113. The van der Waals surface area contributed by atoms with Crippen LogP contribution in [0.4, 0.5) is 11.4 Å². The van der Waals surface area contributed by atoms with E-state index in [0.29, 0.717) is 33.6 Å². The molecule has 1 fully saturated rings. The first-order chi connectivity index (χ1) is 28.3. The lowest BCUT2D eigenvalue weighted by Gasteiger charge is -2.53. The maximum atomic E-state index is 17.3. The Kier molecular flexibility index (Phi) is 7.70. The van der Waals surface area contributed by atoms with E-state index in [1.165, 1.54) is 0 Å². The summed E-state index contributed by atoms with van der Waals surface area (Å²) < 4.78 is 12.4. The number of Topliss-reactive ketones (excluding diaryl/α,β-unsaturated/α-hetero) is 1. The molecular formula is C49H40N4O5. The van der Waals surface area contributed by atoms with E-state index in [-0.39, 0.29) is 24.6 Å². The minimum absolute atomic E-state index is 0.0334. The van der Waals surface area contributed by atoms with Gasteiger partial charge < -0.3 is 9.47 Å². The van der Waals surface area contributed by atoms with Crippen molar-refractivity contribution in [1.29, 1.82) is 0 Å². The van der Waals surface area contributed by atoms with Gasteiger partial charge in [-0.05, 0) is 85.0 Å². The second-order valence-electron chi connectivity index (χ2n) is 15.3. The number of anilines is 2. The average Bonchev–Trinajstić information content (AvgIpc) is 3.89. The van der Waals surface area contributed by atoms with Crippen molar-refractivity contribution in [2.24, 2.45) is 21.0 Å². The molecule has 0 aromatic heterocycles. The molecule has 0 amide bonds. The summed E-state index contributed by atoms with van der Waals surface area (Å²) in [6.07, 6.45) is 0. The normalized spacial score (nSPS) is 24.9. The van der Waals surface area contributed by atoms with Crippen LogP contribution in [0.1, 0.15) is 47.2 Å². The molecule has 0 radical (unpaired) electrons. The van der Waals surface area contributed by atoms with Crippen LogP contribution < -0.4 is 10.0 Å². The molecule has 1 saturated carbocycles. The van der Waals surface area contributed by atoms with Crippen LogP contribution in [0.5, 0.6) is 0 Å². The summed E-state index contributed by atoms with van der Waals surface area (Å²) in [6, 6.07) is 46.2. The first-order valence-corrected chi connectivity index (χ1v) is 19.7. The Morgan fingerprint density at radius 2 is 0.931 bits per heavy atom. The average molecular weight is 765 g/mol. The van der Waals surface area contributed by atoms with Gasteiger partial charge in [0.15, 0.2) is 5.78 Å². The second kappa shape index (κ2) is 12.6. The number of esters is 2. The highest BCUT2D eigenvalue weighted by Crippen LogP contribution is 2.81. The predicted octanol–water partition coefficient (Wildman–Crippen LogP) is 8.39. The summed E-state index contributed by atoms with van der Waals surface area (Å²) in [6.45, 7) is 7.34. The van der Waals surface area contributed by atoms with E-state index in [0.717, 1.165) is 21.9 Å². The molecule has 6 aromatic rings. The third-order valence-electron chi connectivity index (χ3n) is 12.5. The Morgan fingerprint density at radius 3 is 1.31 bits per heavy atom. The highest BCUT2D eigenvalue weighted by atomic mass is 16.5. The van der Waals surface area contributed by atoms with Crippen molar-refractivity contribution < 1.29 is 23.9 Å². The third-order valence-corrected chi connectivity index (χ3v) is 12.5. The molecule has 2 aliphatic heterocycles. The SMILES string of the molecule is CCOC(=O)C12C(=O)C3(C(=O)OCC)C(c4ccc(C)cc4)=NN(c4ccccc4)C34c3cccc5cccc(c35)C14N(c1ccccc1)N=C2c1ccc(C)cc1. The summed E-state index contributed by atoms with van der Waals surface area (Å²) in [7, 11) is 0. The number of rotatable bonds is 8. The van der Waals surface area contributed by atoms with Crippen LogP contribution in [0.2, 0.25) is 0 Å². The number of benzene rings is 6. The Hall–Kier alpha value is -6.87. The summed E-state index contributed by atoms with van der Waals surface area (Å²) in [5, 5.41) is 16.3. The van der Waals surface area contributed by atoms with Crippen LogP contribution in [0, 0.1) is 24.7 Å². The summed E-state index contributed by atoms with van der Waals surface area (Å²) >= 11 is 0. The lowest BCUT2D eigenvalue weighted by atomic mass is 9.58. The van der Waals surface area contributed by atoms with Crippen LogP contribution in [0.3, 0.4) is 0 Å². The van der Waals surface area contributed by atoms with Crippen molar-refractivity contribution in [3.05, 3.63) is 179 Å². The molecule has 2 heterocycles. The maximum absolute atomic E-state index is 17.3. The smallest absolute Gasteiger partial charge is 0.329 e. The first-order valence-electron chi connectivity index (χ1n) is 19.7. The van der Waals surface area contributed by atoms with Crippen molar-refractivity contribution in [2.75, 3.05) is 23.2 Å². The third kappa shape index (κ3) is 3.93. The largest absolute Gasteiger partial charge is 0.465 e. The topological polar surface area (TPSA) is 101 Å². The molecule has 4 aliphatic rings. The predicted molar refractivity (Wildman–Crippen MR) is 224 cm³/mol. The van der Waals surface area contributed by atoms with Gasteiger partial charge in [0.05, 0.1) is 36.0 Å². The van der Waals surface area contributed by atoms with Gasteiger partial charge in [0.2, 0.25) is 10.8 Å². The molecule has 0 saturated heterocycles. The molecule has 0 N–H and O–H groups in total. The lowest BCUT2D eigenvalue weighted by Crippen LogP contribution is -2.69. The fourth-order valence-corrected chi connectivity index (χ4v) is 10.6. The molecule has 2 aliphatic carbocycles. The highest BCUT2D eigenvalue weighted by molar-refractivity contribution is 6.46. The van der Waals surface area contributed by atoms with Gasteiger partial charge in [-0.25, -0.2) is 10.0 Å². The molecule has 4 unspecified atom stereocenters. The van der Waals surface area contributed by atoms with Crippen molar-refractivity contribution in [1.82, 2.24) is 0 Å². The number of ketones is 1. The zero-order valence-corrected chi connectivity index (χ0v) is 32.6. The highest BCUT2D eigenvalue weighted by Gasteiger charge is 2.99. The van der Waals surface area contributed by atoms with E-state index in [1.807, 2.05) is 169 Å². The minimum atomic E-state index is -2.28. The molecule has 286 valence electrons. The van der Waals surface area contributed by atoms with E-state index in [1.54, 1.807) is 13.8 Å². The summed E-state index contributed by atoms with van der Waals surface area (Å²) in [5.74, 6) is -2.33. The van der Waals surface area contributed by atoms with E-state index in [4.69, 9.17) is 19.7 Å². The number of aryl methyl sites for hydroxylation is 2. The van der Waals surface area contributed by atoms with E-state index < -0.39 is 39.6 Å². The van der Waals surface area contributed by atoms with Gasteiger partial charge in [0.25, 0.3) is 0 Å². The second-order valence-corrected chi connectivity index (χ2v) is 15.3. The van der Waals surface area contributed by atoms with E-state index in [9.17, 15) is 0 Å². The van der Waals surface area contributed by atoms with Gasteiger partial charge in [-0.2, -0.15) is 10.2 Å². The van der Waals surface area contributed by atoms with Gasteiger partial charge in [-0.1, -0.05) is 132 Å². The van der Waals surface area contributed by atoms with Crippen LogP contribution in [-0.2, 0) is 34.9 Å². The number of hydrogen-bond donors (Lipinski definition) is 0. The van der Waals surface area contributed by atoms with Crippen LogP contribution in [-0.4, -0.2) is 42.4 Å². The fourth-order valence-electron chi connectivity index (χ4n) is 10.6. The van der Waals surface area contributed by atoms with Crippen molar-refractivity contribution in [3.63, 3.8) is 0 Å². The summed E-state index contributed by atoms with van der Waals surface area (Å²) in [4.78, 5) is 49.3. The molecule has 9 heteroatoms. The Bertz CT molecular complexity index is 2570. The van der Waals surface area contributed by atoms with Crippen molar-refractivity contribution >= 4 is 51.3 Å². The summed E-state index contributed by atoms with van der Waals surface area (Å²) in [5.41, 5.74) is -2.37. The number of ether oxygens (including phenoxy) is 2. The molecule has 9 nitrogen and oxygen atoms in total. The number of para-hydroxylation sites is 2. The van der Waals surface area contributed by atoms with Crippen molar-refractivity contribution in [2.45, 2.75) is 38.8 Å². The van der Waals surface area contributed by atoms with Gasteiger partial charge in [-0.15, -0.1) is 0 Å². The molecule has 2 spiro atoms. The van der Waals surface area contributed by atoms with Crippen LogP contribution >= 0.6 is 0 Å². The Balaban J connectivity index is 1.51. The monoisotopic (exact) mass is 764 g/mol. The molecule has 6 aromatic carbocycles. The fraction of sp³-hybridized carbons (Fsp3) is 0.204. The molecule has 58 heavy (non-hydrogen) atoms. The van der Waals surface area contributed by atoms with Crippen LogP contribution in [0.15, 0.2) is 156 Å². The van der Waals surface area contributed by atoms with Gasteiger partial charge in [0, 0.05) is 0 Å². The standard InChI is InChI=1S/C49H40N4O5/c1-5-57-44(55)46-41(34-27-23-31(3)24-28-34)50-52(36-17-9-7-10-18-36)48(46)38-21-13-15-33-16-14-22-39(40(33)38)49(48)47(43(46)54,45(56)58-6-2)42(35-29-25-32(4)26-30-35)51-53(49)37-19-11-8-12-20-37/h7-30H,5-6H2,1-4H3. The van der Waals surface area contributed by atoms with Gasteiger partial charge in [-0.3, -0.25) is 14.4 Å². The van der Waals surface area contributed by atoms with Crippen LogP contribution in [0.25, 0.3) is 10.8 Å². The van der Waals surface area contributed by atoms with Crippen molar-refractivity contribution in [3.8, 4) is 0 Å². The maximum Gasteiger partial charge on any atom is 0.329 e. The van der Waals surface area contributed by atoms with Gasteiger partial charge in [0.1, 0.15) is 11.1 Å². The molecule has 0 bridgehead atoms. The molecule has 4 atom stereocenters. The molecular weight excluding hydrogens is 725 g/mol. The number of hydrazone groups is 2. The first kappa shape index (κ1) is 35.5. The zero-order chi connectivity index (χ0) is 40.0. The molecule has 10 rings (SSSR count). The Morgan fingerprint density at radius 1 is 0.534 bits per heavy atom. The number of hydrogen-bond acceptors (Lipinski definition) is 9. The number of carbonyl (C=O) groups is 3. The minimum Gasteiger partial charge on any atom is -0.465 e. The van der Waals surface area contributed by atoms with E-state index in [2.05, 4.69) is 0 Å². The zero-order valence-electron chi connectivity index (χ0n) is 32.6. The Labute approximate surface area is 336 Å². The van der Waals surface area contributed by atoms with Gasteiger partial charge >= 0.3 is 11.9 Å². The lowest BCUT2D eigenvalue weighted by molar-refractivity contribution is -0.160.